The third-order valence-electron chi connectivity index (χ3n) is 5.42. The Hall–Kier alpha value is -3.00. The van der Waals surface area contributed by atoms with Crippen molar-refractivity contribution in [1.29, 1.82) is 0 Å². The Morgan fingerprint density at radius 1 is 1.04 bits per heavy atom. The number of aromatic nitrogens is 5. The number of nitrogens with zero attached hydrogens (tertiary/aromatic N) is 7. The molecule has 0 fully saturated rings. The van der Waals surface area contributed by atoms with Crippen molar-refractivity contribution in [2.45, 2.75) is 32.6 Å². The van der Waals surface area contributed by atoms with E-state index in [1.807, 2.05) is 12.3 Å². The van der Waals surface area contributed by atoms with Crippen LogP contribution in [0.1, 0.15) is 22.6 Å². The Kier molecular flexibility index (Phi) is 4.40. The molecule has 0 bridgehead atoms. The fourth-order valence-electron chi connectivity index (χ4n) is 4.05. The Morgan fingerprint density at radius 2 is 1.96 bits per heavy atom. The Morgan fingerprint density at radius 3 is 2.89 bits per heavy atom. The first-order valence-electron chi connectivity index (χ1n) is 9.61. The first-order valence-corrected chi connectivity index (χ1v) is 9.61. The van der Waals surface area contributed by atoms with Gasteiger partial charge >= 0.3 is 0 Å². The van der Waals surface area contributed by atoms with Gasteiger partial charge in [-0.25, -0.2) is 9.97 Å². The van der Waals surface area contributed by atoms with Crippen LogP contribution in [-0.2, 0) is 32.6 Å². The van der Waals surface area contributed by atoms with Crippen molar-refractivity contribution < 1.29 is 4.74 Å². The van der Waals surface area contributed by atoms with Crippen LogP contribution in [0.2, 0.25) is 0 Å². The maximum atomic E-state index is 5.37. The Labute approximate surface area is 163 Å². The van der Waals surface area contributed by atoms with Crippen molar-refractivity contribution in [3.8, 4) is 5.88 Å². The summed E-state index contributed by atoms with van der Waals surface area (Å²) in [6, 6.07) is 6.42. The second-order valence-corrected chi connectivity index (χ2v) is 7.23. The molecule has 2 aliphatic heterocycles. The quantitative estimate of drug-likeness (QED) is 0.685. The minimum absolute atomic E-state index is 0.566. The highest BCUT2D eigenvalue weighted by Crippen LogP contribution is 2.26. The summed E-state index contributed by atoms with van der Waals surface area (Å²) in [7, 11) is 1.63. The van der Waals surface area contributed by atoms with Crippen molar-refractivity contribution in [3.63, 3.8) is 0 Å². The maximum absolute atomic E-state index is 5.37. The summed E-state index contributed by atoms with van der Waals surface area (Å²) in [6.07, 6.45) is 6.25. The van der Waals surface area contributed by atoms with Crippen LogP contribution in [0.25, 0.3) is 0 Å². The van der Waals surface area contributed by atoms with Crippen molar-refractivity contribution in [3.05, 3.63) is 59.4 Å². The third-order valence-corrected chi connectivity index (χ3v) is 5.42. The monoisotopic (exact) mass is 377 g/mol. The molecule has 0 aliphatic carbocycles. The van der Waals surface area contributed by atoms with Gasteiger partial charge in [-0.1, -0.05) is 6.07 Å². The first-order chi connectivity index (χ1) is 13.8. The van der Waals surface area contributed by atoms with E-state index in [4.69, 9.17) is 9.84 Å². The molecule has 0 unspecified atom stereocenters. The fourth-order valence-corrected chi connectivity index (χ4v) is 4.05. The molecule has 28 heavy (non-hydrogen) atoms. The van der Waals surface area contributed by atoms with Gasteiger partial charge in [-0.3, -0.25) is 14.6 Å². The smallest absolute Gasteiger partial charge is 0.257 e. The molecule has 2 aliphatic rings. The number of fused-ring (bicyclic) bond motifs is 2. The topological polar surface area (TPSA) is 72.2 Å². The lowest BCUT2D eigenvalue weighted by Gasteiger charge is -2.28. The zero-order chi connectivity index (χ0) is 18.9. The molecule has 8 nitrogen and oxygen atoms in total. The highest BCUT2D eigenvalue weighted by Gasteiger charge is 2.24. The van der Waals surface area contributed by atoms with E-state index < -0.39 is 0 Å². The summed E-state index contributed by atoms with van der Waals surface area (Å²) in [5.41, 5.74) is 4.89. The predicted molar refractivity (Wildman–Crippen MR) is 104 cm³/mol. The van der Waals surface area contributed by atoms with Crippen LogP contribution in [0.15, 0.2) is 36.8 Å². The van der Waals surface area contributed by atoms with E-state index in [1.54, 1.807) is 19.5 Å². The fraction of sp³-hybridized carbons (Fsp3) is 0.400. The summed E-state index contributed by atoms with van der Waals surface area (Å²) in [5.74, 6) is 1.36. The van der Waals surface area contributed by atoms with E-state index in [1.165, 1.54) is 17.0 Å². The molecule has 0 spiro atoms. The van der Waals surface area contributed by atoms with Gasteiger partial charge in [-0.05, 0) is 17.7 Å². The van der Waals surface area contributed by atoms with Gasteiger partial charge in [0.15, 0.2) is 5.82 Å². The number of anilines is 1. The van der Waals surface area contributed by atoms with Crippen molar-refractivity contribution in [2.75, 3.05) is 25.1 Å². The van der Waals surface area contributed by atoms with Crippen LogP contribution in [-0.4, -0.2) is 49.8 Å². The number of hydrogen-bond donors (Lipinski definition) is 0. The molecule has 5 rings (SSSR count). The summed E-state index contributed by atoms with van der Waals surface area (Å²) in [5, 5.41) is 4.84. The lowest BCUT2D eigenvalue weighted by molar-refractivity contribution is 0.239. The molecular weight excluding hydrogens is 354 g/mol. The van der Waals surface area contributed by atoms with Crippen molar-refractivity contribution in [1.82, 2.24) is 29.6 Å². The molecule has 0 amide bonds. The van der Waals surface area contributed by atoms with E-state index in [2.05, 4.69) is 41.6 Å². The van der Waals surface area contributed by atoms with Crippen LogP contribution in [0.5, 0.6) is 5.88 Å². The van der Waals surface area contributed by atoms with Gasteiger partial charge in [0, 0.05) is 56.9 Å². The molecule has 0 radical (unpaired) electrons. The van der Waals surface area contributed by atoms with Crippen molar-refractivity contribution in [2.24, 2.45) is 0 Å². The van der Waals surface area contributed by atoms with Crippen LogP contribution in [0.3, 0.4) is 0 Å². The molecule has 3 aromatic heterocycles. The Balaban J connectivity index is 1.30. The van der Waals surface area contributed by atoms with E-state index in [-0.39, 0.29) is 0 Å². The summed E-state index contributed by atoms with van der Waals surface area (Å²) >= 11 is 0. The van der Waals surface area contributed by atoms with Crippen LogP contribution in [0.4, 0.5) is 5.82 Å². The molecule has 0 N–H and O–H groups in total. The molecule has 0 aromatic carbocycles. The first kappa shape index (κ1) is 17.1. The van der Waals surface area contributed by atoms with E-state index in [9.17, 15) is 0 Å². The van der Waals surface area contributed by atoms with Crippen LogP contribution >= 0.6 is 0 Å². The van der Waals surface area contributed by atoms with Gasteiger partial charge in [0.05, 0.1) is 31.6 Å². The summed E-state index contributed by atoms with van der Waals surface area (Å²) < 4.78 is 7.49. The summed E-state index contributed by atoms with van der Waals surface area (Å²) in [4.78, 5) is 17.9. The van der Waals surface area contributed by atoms with Gasteiger partial charge in [0.2, 0.25) is 0 Å². The Bertz CT molecular complexity index is 986. The van der Waals surface area contributed by atoms with Crippen molar-refractivity contribution >= 4 is 5.82 Å². The standard InChI is InChI=1S/C20H23N7O/c1-28-20-19(22-6-7-23-20)26-9-10-27-17(14-26)11-16(24-27)13-25-8-4-18-15(12-25)3-2-5-21-18/h2-3,5-7,11H,4,8-10,12-14H2,1H3. The van der Waals surface area contributed by atoms with Gasteiger partial charge < -0.3 is 9.64 Å². The lowest BCUT2D eigenvalue weighted by atomic mass is 10.1. The van der Waals surface area contributed by atoms with Gasteiger partial charge in [-0.15, -0.1) is 0 Å². The maximum Gasteiger partial charge on any atom is 0.257 e. The lowest BCUT2D eigenvalue weighted by Crippen LogP contribution is -2.34. The van der Waals surface area contributed by atoms with E-state index in [0.717, 1.165) is 57.2 Å². The average molecular weight is 377 g/mol. The van der Waals surface area contributed by atoms with Gasteiger partial charge in [0.1, 0.15) is 0 Å². The zero-order valence-electron chi connectivity index (χ0n) is 16.0. The molecule has 8 heteroatoms. The number of pyridine rings is 1. The number of ether oxygens (including phenoxy) is 1. The molecule has 3 aromatic rings. The highest BCUT2D eigenvalue weighted by molar-refractivity contribution is 5.48. The van der Waals surface area contributed by atoms with E-state index in [0.29, 0.717) is 5.88 Å². The second kappa shape index (κ2) is 7.20. The molecule has 144 valence electrons. The van der Waals surface area contributed by atoms with Gasteiger partial charge in [-0.2, -0.15) is 5.10 Å². The number of methoxy groups -OCH3 is 1. The van der Waals surface area contributed by atoms with E-state index >= 15 is 0 Å². The largest absolute Gasteiger partial charge is 0.478 e. The molecular formula is C20H23N7O. The third kappa shape index (κ3) is 3.20. The zero-order valence-corrected chi connectivity index (χ0v) is 16.0. The van der Waals surface area contributed by atoms with Crippen LogP contribution in [0, 0.1) is 0 Å². The highest BCUT2D eigenvalue weighted by atomic mass is 16.5. The van der Waals surface area contributed by atoms with Crippen LogP contribution < -0.4 is 9.64 Å². The molecule has 0 atom stereocenters. The van der Waals surface area contributed by atoms with Gasteiger partial charge in [0.25, 0.3) is 5.88 Å². The normalized spacial score (nSPS) is 16.5. The molecule has 5 heterocycles. The molecule has 0 saturated carbocycles. The summed E-state index contributed by atoms with van der Waals surface area (Å²) in [6.45, 7) is 5.26. The SMILES string of the molecule is COc1nccnc1N1CCn2nc(CN3CCc4ncccc4C3)cc2C1. The predicted octanol–water partition coefficient (Wildman–Crippen LogP) is 1.66. The number of hydrogen-bond acceptors (Lipinski definition) is 7. The minimum Gasteiger partial charge on any atom is -0.478 e. The second-order valence-electron chi connectivity index (χ2n) is 7.23. The minimum atomic E-state index is 0.566. The molecule has 0 saturated heterocycles. The number of rotatable bonds is 4. The average Bonchev–Trinajstić information content (AvgIpc) is 3.15.